The molecule has 5 heteroatoms. The Morgan fingerprint density at radius 2 is 2.12 bits per heavy atom. The van der Waals surface area contributed by atoms with Crippen molar-refractivity contribution in [2.45, 2.75) is 6.54 Å². The van der Waals surface area contributed by atoms with Crippen molar-refractivity contribution >= 4 is 21.9 Å². The maximum Gasteiger partial charge on any atom is 0.331 e. The molecule has 0 aliphatic rings. The third-order valence-corrected chi connectivity index (χ3v) is 2.44. The van der Waals surface area contributed by atoms with Crippen molar-refractivity contribution in [2.24, 2.45) is 0 Å². The minimum Gasteiger partial charge on any atom is -0.425 e. The maximum absolute atomic E-state index is 11.5. The largest absolute Gasteiger partial charge is 0.425 e. The first-order chi connectivity index (χ1) is 7.74. The number of aromatic nitrogens is 2. The minimum atomic E-state index is -0.319. The number of carbonyl (C=O) groups excluding carboxylic acids is 1. The van der Waals surface area contributed by atoms with Crippen LogP contribution in [0.1, 0.15) is 0 Å². The van der Waals surface area contributed by atoms with E-state index in [2.05, 4.69) is 20.9 Å². The second kappa shape index (κ2) is 4.94. The molecule has 1 aromatic carbocycles. The van der Waals surface area contributed by atoms with Crippen LogP contribution in [-0.2, 0) is 11.3 Å². The van der Waals surface area contributed by atoms with E-state index in [1.165, 1.54) is 0 Å². The average molecular weight is 281 g/mol. The predicted octanol–water partition coefficient (Wildman–Crippen LogP) is 2.25. The Bertz CT molecular complexity index is 465. The molecule has 0 N–H and O–H groups in total. The van der Waals surface area contributed by atoms with Gasteiger partial charge in [-0.05, 0) is 24.3 Å². The van der Waals surface area contributed by atoms with Gasteiger partial charge in [-0.3, -0.25) is 0 Å². The van der Waals surface area contributed by atoms with Gasteiger partial charge in [-0.25, -0.2) is 9.78 Å². The molecule has 0 amide bonds. The first kappa shape index (κ1) is 10.9. The fourth-order valence-corrected chi connectivity index (χ4v) is 1.46. The van der Waals surface area contributed by atoms with E-state index in [0.29, 0.717) is 5.75 Å². The quantitative estimate of drug-likeness (QED) is 0.640. The summed E-state index contributed by atoms with van der Waals surface area (Å²) < 4.78 is 7.73. The summed E-state index contributed by atoms with van der Waals surface area (Å²) in [6, 6.07) is 7.10. The predicted molar refractivity (Wildman–Crippen MR) is 62.0 cm³/mol. The number of nitrogens with zero attached hydrogens (tertiary/aromatic N) is 2. The van der Waals surface area contributed by atoms with Gasteiger partial charge in [0.1, 0.15) is 12.3 Å². The molecular formula is C11H9BrN2O2. The van der Waals surface area contributed by atoms with E-state index < -0.39 is 0 Å². The summed E-state index contributed by atoms with van der Waals surface area (Å²) in [7, 11) is 0. The molecule has 0 aliphatic heterocycles. The zero-order valence-electron chi connectivity index (χ0n) is 8.34. The third-order valence-electron chi connectivity index (χ3n) is 1.92. The molecule has 2 aromatic rings. The molecule has 0 saturated heterocycles. The van der Waals surface area contributed by atoms with Crippen LogP contribution in [-0.4, -0.2) is 15.5 Å². The minimum absolute atomic E-state index is 0.163. The SMILES string of the molecule is O=C(Cn1ccnc1)Oc1ccc(Br)cc1. The standard InChI is InChI=1S/C11H9BrN2O2/c12-9-1-3-10(4-2-9)16-11(15)7-14-6-5-13-8-14/h1-6,8H,7H2. The van der Waals surface area contributed by atoms with Gasteiger partial charge in [0.2, 0.25) is 0 Å². The number of hydrogen-bond acceptors (Lipinski definition) is 3. The smallest absolute Gasteiger partial charge is 0.331 e. The molecule has 2 rings (SSSR count). The van der Waals surface area contributed by atoms with E-state index in [-0.39, 0.29) is 12.5 Å². The van der Waals surface area contributed by atoms with Crippen LogP contribution in [0.2, 0.25) is 0 Å². The van der Waals surface area contributed by atoms with Crippen LogP contribution in [0.4, 0.5) is 0 Å². The Hall–Kier alpha value is -1.62. The molecule has 0 radical (unpaired) electrons. The molecule has 0 fully saturated rings. The second-order valence-electron chi connectivity index (χ2n) is 3.16. The number of ether oxygens (including phenoxy) is 1. The number of rotatable bonds is 3. The highest BCUT2D eigenvalue weighted by molar-refractivity contribution is 9.10. The third kappa shape index (κ3) is 2.93. The lowest BCUT2D eigenvalue weighted by molar-refractivity contribution is -0.135. The van der Waals surface area contributed by atoms with Crippen LogP contribution >= 0.6 is 15.9 Å². The highest BCUT2D eigenvalue weighted by Gasteiger charge is 2.05. The number of benzene rings is 1. The fourth-order valence-electron chi connectivity index (χ4n) is 1.20. The Labute approximate surface area is 101 Å². The molecule has 16 heavy (non-hydrogen) atoms. The number of esters is 1. The summed E-state index contributed by atoms with van der Waals surface area (Å²) in [5.74, 6) is 0.216. The van der Waals surface area contributed by atoms with Gasteiger partial charge in [-0.15, -0.1) is 0 Å². The zero-order chi connectivity index (χ0) is 11.4. The fraction of sp³-hybridized carbons (Fsp3) is 0.0909. The maximum atomic E-state index is 11.5. The molecule has 0 atom stereocenters. The van der Waals surface area contributed by atoms with Gasteiger partial charge in [-0.2, -0.15) is 0 Å². The molecule has 1 aromatic heterocycles. The monoisotopic (exact) mass is 280 g/mol. The van der Waals surface area contributed by atoms with E-state index in [0.717, 1.165) is 4.47 Å². The van der Waals surface area contributed by atoms with Crippen LogP contribution in [0.5, 0.6) is 5.75 Å². The van der Waals surface area contributed by atoms with Gasteiger partial charge in [0.25, 0.3) is 0 Å². The summed E-state index contributed by atoms with van der Waals surface area (Å²) in [4.78, 5) is 15.3. The van der Waals surface area contributed by atoms with Crippen molar-refractivity contribution in [3.8, 4) is 5.75 Å². The van der Waals surface area contributed by atoms with Crippen LogP contribution in [0, 0.1) is 0 Å². The molecule has 82 valence electrons. The Kier molecular flexibility index (Phi) is 3.36. The van der Waals surface area contributed by atoms with Crippen LogP contribution < -0.4 is 4.74 Å². The zero-order valence-corrected chi connectivity index (χ0v) is 9.92. The lowest BCUT2D eigenvalue weighted by Crippen LogP contribution is -2.15. The van der Waals surface area contributed by atoms with Gasteiger partial charge in [0, 0.05) is 16.9 Å². The summed E-state index contributed by atoms with van der Waals surface area (Å²) >= 11 is 3.31. The first-order valence-corrected chi connectivity index (χ1v) is 5.45. The van der Waals surface area contributed by atoms with Crippen LogP contribution in [0.25, 0.3) is 0 Å². The molecule has 1 heterocycles. The number of imidazole rings is 1. The summed E-state index contributed by atoms with van der Waals surface area (Å²) in [6.45, 7) is 0.163. The molecule has 0 aliphatic carbocycles. The lowest BCUT2D eigenvalue weighted by atomic mass is 10.3. The Morgan fingerprint density at radius 3 is 2.75 bits per heavy atom. The summed E-state index contributed by atoms with van der Waals surface area (Å²) in [5.41, 5.74) is 0. The lowest BCUT2D eigenvalue weighted by Gasteiger charge is -2.04. The van der Waals surface area contributed by atoms with Crippen LogP contribution in [0.15, 0.2) is 47.5 Å². The van der Waals surface area contributed by atoms with Gasteiger partial charge in [-0.1, -0.05) is 15.9 Å². The van der Waals surface area contributed by atoms with E-state index >= 15 is 0 Å². The van der Waals surface area contributed by atoms with E-state index in [1.54, 1.807) is 35.4 Å². The number of halogens is 1. The molecule has 0 unspecified atom stereocenters. The van der Waals surface area contributed by atoms with Gasteiger partial charge in [0.15, 0.2) is 0 Å². The molecular weight excluding hydrogens is 272 g/mol. The molecule has 0 spiro atoms. The second-order valence-corrected chi connectivity index (χ2v) is 4.08. The van der Waals surface area contributed by atoms with Crippen molar-refractivity contribution in [3.63, 3.8) is 0 Å². The summed E-state index contributed by atoms with van der Waals surface area (Å²) in [6.07, 6.45) is 4.90. The highest BCUT2D eigenvalue weighted by atomic mass is 79.9. The van der Waals surface area contributed by atoms with Gasteiger partial charge < -0.3 is 9.30 Å². The van der Waals surface area contributed by atoms with Gasteiger partial charge >= 0.3 is 5.97 Å². The van der Waals surface area contributed by atoms with Crippen molar-refractivity contribution in [3.05, 3.63) is 47.5 Å². The highest BCUT2D eigenvalue weighted by Crippen LogP contribution is 2.16. The van der Waals surface area contributed by atoms with E-state index in [4.69, 9.17) is 4.74 Å². The topological polar surface area (TPSA) is 44.1 Å². The van der Waals surface area contributed by atoms with Crippen LogP contribution in [0.3, 0.4) is 0 Å². The summed E-state index contributed by atoms with van der Waals surface area (Å²) in [5, 5.41) is 0. The number of carbonyl (C=O) groups is 1. The van der Waals surface area contributed by atoms with Crippen molar-refractivity contribution in [2.75, 3.05) is 0 Å². The first-order valence-electron chi connectivity index (χ1n) is 4.66. The number of hydrogen-bond donors (Lipinski definition) is 0. The Balaban J connectivity index is 1.95. The van der Waals surface area contributed by atoms with Crippen molar-refractivity contribution in [1.29, 1.82) is 0 Å². The van der Waals surface area contributed by atoms with Gasteiger partial charge in [0.05, 0.1) is 6.33 Å². The molecule has 4 nitrogen and oxygen atoms in total. The van der Waals surface area contributed by atoms with Crippen molar-refractivity contribution < 1.29 is 9.53 Å². The Morgan fingerprint density at radius 1 is 1.38 bits per heavy atom. The van der Waals surface area contributed by atoms with E-state index in [9.17, 15) is 4.79 Å². The average Bonchev–Trinajstić information content (AvgIpc) is 2.74. The molecule has 0 saturated carbocycles. The van der Waals surface area contributed by atoms with E-state index in [1.807, 2.05) is 12.1 Å². The molecule has 0 bridgehead atoms. The normalized spacial score (nSPS) is 10.1. The van der Waals surface area contributed by atoms with Crippen molar-refractivity contribution in [1.82, 2.24) is 9.55 Å².